The van der Waals surface area contributed by atoms with E-state index in [1.807, 2.05) is 24.3 Å². The van der Waals surface area contributed by atoms with Gasteiger partial charge < -0.3 is 9.52 Å². The first kappa shape index (κ1) is 18.2. The number of hydrogen-bond donors (Lipinski definition) is 3. The summed E-state index contributed by atoms with van der Waals surface area (Å²) in [6.07, 6.45) is 0. The maximum atomic E-state index is 13.0. The Bertz CT molecular complexity index is 1220. The lowest BCUT2D eigenvalue weighted by atomic mass is 10.1. The van der Waals surface area contributed by atoms with Crippen molar-refractivity contribution in [1.29, 1.82) is 0 Å². The number of carbonyl (C=O) groups is 2. The van der Waals surface area contributed by atoms with Gasteiger partial charge in [-0.05, 0) is 59.3 Å². The number of hydrazine groups is 1. The lowest BCUT2D eigenvalue weighted by Crippen LogP contribution is -2.41. The van der Waals surface area contributed by atoms with Crippen LogP contribution >= 0.6 is 0 Å². The van der Waals surface area contributed by atoms with Crippen LogP contribution in [0.1, 0.15) is 20.9 Å². The number of benzene rings is 3. The summed E-state index contributed by atoms with van der Waals surface area (Å²) in [6.45, 7) is 0. The summed E-state index contributed by atoms with van der Waals surface area (Å²) >= 11 is 0. The Morgan fingerprint density at radius 1 is 0.828 bits per heavy atom. The average molecular weight is 390 g/mol. The monoisotopic (exact) mass is 390 g/mol. The molecule has 0 bridgehead atoms. The van der Waals surface area contributed by atoms with Crippen molar-refractivity contribution in [2.75, 3.05) is 0 Å². The summed E-state index contributed by atoms with van der Waals surface area (Å²) in [4.78, 5) is 24.6. The van der Waals surface area contributed by atoms with Crippen molar-refractivity contribution in [3.8, 4) is 17.1 Å². The number of halogens is 1. The topological polar surface area (TPSA) is 91.6 Å². The molecular formula is C22H15FN2O4. The van der Waals surface area contributed by atoms with E-state index in [1.165, 1.54) is 42.5 Å². The number of aromatic hydroxyl groups is 1. The second-order valence-electron chi connectivity index (χ2n) is 6.30. The van der Waals surface area contributed by atoms with Gasteiger partial charge in [-0.25, -0.2) is 4.39 Å². The van der Waals surface area contributed by atoms with E-state index in [1.54, 1.807) is 6.07 Å². The van der Waals surface area contributed by atoms with Crippen LogP contribution in [0.4, 0.5) is 4.39 Å². The van der Waals surface area contributed by atoms with Gasteiger partial charge in [-0.2, -0.15) is 0 Å². The van der Waals surface area contributed by atoms with Gasteiger partial charge in [0.1, 0.15) is 17.3 Å². The normalized spacial score (nSPS) is 10.7. The first-order chi connectivity index (χ1) is 14.0. The van der Waals surface area contributed by atoms with Crippen LogP contribution in [0.3, 0.4) is 0 Å². The van der Waals surface area contributed by atoms with E-state index in [0.29, 0.717) is 11.3 Å². The van der Waals surface area contributed by atoms with Crippen molar-refractivity contribution in [3.05, 3.63) is 89.9 Å². The van der Waals surface area contributed by atoms with Gasteiger partial charge in [0, 0.05) is 5.56 Å². The van der Waals surface area contributed by atoms with Crippen LogP contribution in [0.5, 0.6) is 5.75 Å². The molecule has 2 amide bonds. The number of amides is 2. The summed E-state index contributed by atoms with van der Waals surface area (Å²) in [5, 5.41) is 11.7. The molecule has 4 rings (SSSR count). The Labute approximate surface area is 164 Å². The Balaban J connectivity index is 1.45. The third kappa shape index (κ3) is 3.79. The molecule has 1 aromatic heterocycles. The summed E-state index contributed by atoms with van der Waals surface area (Å²) in [5.41, 5.74) is 5.12. The van der Waals surface area contributed by atoms with Gasteiger partial charge in [0.2, 0.25) is 0 Å². The van der Waals surface area contributed by atoms with Gasteiger partial charge in [0.05, 0.1) is 5.56 Å². The van der Waals surface area contributed by atoms with E-state index in [0.717, 1.165) is 10.8 Å². The molecule has 0 radical (unpaired) electrons. The number of furan rings is 1. The molecular weight excluding hydrogens is 375 g/mol. The fourth-order valence-electron chi connectivity index (χ4n) is 2.88. The van der Waals surface area contributed by atoms with Gasteiger partial charge in [-0.3, -0.25) is 20.4 Å². The average Bonchev–Trinajstić information content (AvgIpc) is 3.22. The molecule has 0 aliphatic carbocycles. The lowest BCUT2D eigenvalue weighted by Gasteiger charge is -2.09. The summed E-state index contributed by atoms with van der Waals surface area (Å²) in [5.74, 6) is -1.58. The predicted octanol–water partition coefficient (Wildman–Crippen LogP) is 4.02. The number of rotatable bonds is 3. The van der Waals surface area contributed by atoms with Crippen molar-refractivity contribution in [3.63, 3.8) is 0 Å². The van der Waals surface area contributed by atoms with Gasteiger partial charge in [-0.15, -0.1) is 0 Å². The fourth-order valence-corrected chi connectivity index (χ4v) is 2.88. The van der Waals surface area contributed by atoms with Crippen LogP contribution in [0.25, 0.3) is 22.1 Å². The second kappa shape index (κ2) is 7.47. The van der Waals surface area contributed by atoms with E-state index in [2.05, 4.69) is 10.9 Å². The Morgan fingerprint density at radius 3 is 2.21 bits per heavy atom. The molecule has 144 valence electrons. The van der Waals surface area contributed by atoms with E-state index < -0.39 is 11.8 Å². The Kier molecular flexibility index (Phi) is 4.70. The highest BCUT2D eigenvalue weighted by Crippen LogP contribution is 2.25. The zero-order chi connectivity index (χ0) is 20.4. The Morgan fingerprint density at radius 2 is 1.48 bits per heavy atom. The molecule has 6 nitrogen and oxygen atoms in total. The van der Waals surface area contributed by atoms with Gasteiger partial charge in [0.25, 0.3) is 5.91 Å². The summed E-state index contributed by atoms with van der Waals surface area (Å²) in [6, 6.07) is 18.9. The second-order valence-corrected chi connectivity index (χ2v) is 6.30. The van der Waals surface area contributed by atoms with Gasteiger partial charge >= 0.3 is 5.91 Å². The highest BCUT2D eigenvalue weighted by molar-refractivity contribution is 6.03. The molecule has 0 saturated heterocycles. The third-order valence-corrected chi connectivity index (χ3v) is 4.36. The minimum Gasteiger partial charge on any atom is -0.507 e. The molecule has 29 heavy (non-hydrogen) atoms. The molecule has 0 fully saturated rings. The molecule has 1 heterocycles. The molecule has 0 unspecified atom stereocenters. The molecule has 0 atom stereocenters. The zero-order valence-corrected chi connectivity index (χ0v) is 15.0. The van der Waals surface area contributed by atoms with Crippen LogP contribution in [-0.4, -0.2) is 16.9 Å². The smallest absolute Gasteiger partial charge is 0.305 e. The number of carbonyl (C=O) groups excluding carboxylic acids is 2. The van der Waals surface area contributed by atoms with E-state index in [9.17, 15) is 19.1 Å². The largest absolute Gasteiger partial charge is 0.507 e. The molecule has 7 heteroatoms. The highest BCUT2D eigenvalue weighted by Gasteiger charge is 2.16. The standard InChI is InChI=1S/C22H15FN2O4/c23-16-7-5-13(6-8-16)19-9-10-20(29-19)22(28)25-24-21(27)17-11-14-3-1-2-4-15(14)12-18(17)26/h1-12,26H,(H,24,27)(H,25,28). The van der Waals surface area contributed by atoms with Crippen molar-refractivity contribution in [2.24, 2.45) is 0 Å². The van der Waals surface area contributed by atoms with Crippen LogP contribution < -0.4 is 10.9 Å². The van der Waals surface area contributed by atoms with Crippen LogP contribution in [-0.2, 0) is 0 Å². The number of phenolic OH excluding ortho intramolecular Hbond substituents is 1. The number of hydrogen-bond acceptors (Lipinski definition) is 4. The Hall–Kier alpha value is -4.13. The minimum atomic E-state index is -0.674. The molecule has 3 N–H and O–H groups in total. The number of nitrogens with one attached hydrogen (secondary N) is 2. The van der Waals surface area contributed by atoms with E-state index >= 15 is 0 Å². The lowest BCUT2D eigenvalue weighted by molar-refractivity contribution is 0.0830. The number of phenols is 1. The zero-order valence-electron chi connectivity index (χ0n) is 15.0. The fraction of sp³-hybridized carbons (Fsp3) is 0. The molecule has 3 aromatic carbocycles. The molecule has 0 spiro atoms. The molecule has 0 saturated carbocycles. The van der Waals surface area contributed by atoms with E-state index in [-0.39, 0.29) is 22.9 Å². The van der Waals surface area contributed by atoms with Crippen molar-refractivity contribution in [1.82, 2.24) is 10.9 Å². The molecule has 0 aliphatic heterocycles. The quantitative estimate of drug-likeness (QED) is 0.461. The SMILES string of the molecule is O=C(NNC(=O)c1cc2ccccc2cc1O)c1ccc(-c2ccc(F)cc2)o1. The molecule has 4 aromatic rings. The first-order valence-corrected chi connectivity index (χ1v) is 8.69. The van der Waals surface area contributed by atoms with Crippen molar-refractivity contribution >= 4 is 22.6 Å². The van der Waals surface area contributed by atoms with Crippen LogP contribution in [0.15, 0.2) is 77.2 Å². The maximum absolute atomic E-state index is 13.0. The van der Waals surface area contributed by atoms with Crippen LogP contribution in [0, 0.1) is 5.82 Å². The summed E-state index contributed by atoms with van der Waals surface area (Å²) in [7, 11) is 0. The van der Waals surface area contributed by atoms with Crippen molar-refractivity contribution < 1.29 is 23.5 Å². The number of fused-ring (bicyclic) bond motifs is 1. The first-order valence-electron chi connectivity index (χ1n) is 8.69. The predicted molar refractivity (Wildman–Crippen MR) is 105 cm³/mol. The van der Waals surface area contributed by atoms with Gasteiger partial charge in [0.15, 0.2) is 5.76 Å². The maximum Gasteiger partial charge on any atom is 0.305 e. The van der Waals surface area contributed by atoms with Crippen LogP contribution in [0.2, 0.25) is 0 Å². The van der Waals surface area contributed by atoms with Crippen molar-refractivity contribution in [2.45, 2.75) is 0 Å². The van der Waals surface area contributed by atoms with E-state index in [4.69, 9.17) is 4.42 Å². The summed E-state index contributed by atoms with van der Waals surface area (Å²) < 4.78 is 18.5. The highest BCUT2D eigenvalue weighted by atomic mass is 19.1. The molecule has 0 aliphatic rings. The minimum absolute atomic E-state index is 0.0236. The third-order valence-electron chi connectivity index (χ3n) is 4.36. The van der Waals surface area contributed by atoms with Gasteiger partial charge in [-0.1, -0.05) is 24.3 Å².